The molecule has 0 aromatic rings. The van der Waals surface area contributed by atoms with Crippen molar-refractivity contribution in [2.45, 2.75) is 443 Å². The first-order valence-corrected chi connectivity index (χ1v) is 37.4. The van der Waals surface area contributed by atoms with Crippen LogP contribution in [0.2, 0.25) is 0 Å². The molecular formula is C75H147NO5. The van der Waals surface area contributed by atoms with Gasteiger partial charge in [0.05, 0.1) is 25.4 Å². The van der Waals surface area contributed by atoms with E-state index in [0.29, 0.717) is 25.9 Å². The molecule has 0 radical (unpaired) electrons. The molecule has 6 nitrogen and oxygen atoms in total. The van der Waals surface area contributed by atoms with E-state index in [9.17, 15) is 19.8 Å². The van der Waals surface area contributed by atoms with Crippen molar-refractivity contribution in [2.24, 2.45) is 0 Å². The quantitative estimate of drug-likeness (QED) is 0.0320. The number of carbonyl (C=O) groups is 2. The number of hydrogen-bond donors (Lipinski definition) is 3. The maximum Gasteiger partial charge on any atom is 0.305 e. The number of carbonyl (C=O) groups excluding carboxylic acids is 2. The molecule has 2 unspecified atom stereocenters. The van der Waals surface area contributed by atoms with Crippen LogP contribution < -0.4 is 5.32 Å². The minimum absolute atomic E-state index is 0.0107. The average molecular weight is 1140 g/mol. The number of unbranched alkanes of at least 4 members (excludes halogenated alkanes) is 58. The highest BCUT2D eigenvalue weighted by atomic mass is 16.5. The Kier molecular flexibility index (Phi) is 69.9. The summed E-state index contributed by atoms with van der Waals surface area (Å²) in [6.45, 7) is 4.99. The number of hydrogen-bond acceptors (Lipinski definition) is 5. The molecule has 0 aromatic carbocycles. The van der Waals surface area contributed by atoms with E-state index in [0.717, 1.165) is 44.9 Å². The van der Waals surface area contributed by atoms with Crippen LogP contribution in [0.25, 0.3) is 0 Å². The van der Waals surface area contributed by atoms with Crippen LogP contribution in [0.1, 0.15) is 431 Å². The number of allylic oxidation sites excluding steroid dienone is 2. The average Bonchev–Trinajstić information content (AvgIpc) is 3.47. The lowest BCUT2D eigenvalue weighted by atomic mass is 10.0. The van der Waals surface area contributed by atoms with Crippen LogP contribution in [0.3, 0.4) is 0 Å². The SMILES string of the molecule is CCCCCC/C=C\CCCCCCCC(=O)OCCCCCCCCCCCCCCCCCCCCCCCCCCCCCCC(=O)NC(CO)C(O)CCCCCCCCCCCCCCCCCCCCCCCCC. The van der Waals surface area contributed by atoms with Gasteiger partial charge < -0.3 is 20.3 Å². The van der Waals surface area contributed by atoms with Crippen molar-refractivity contribution in [3.05, 3.63) is 12.2 Å². The van der Waals surface area contributed by atoms with E-state index in [1.54, 1.807) is 0 Å². The summed E-state index contributed by atoms with van der Waals surface area (Å²) in [5, 5.41) is 23.5. The second-order valence-electron chi connectivity index (χ2n) is 26.0. The highest BCUT2D eigenvalue weighted by Gasteiger charge is 2.20. The number of ether oxygens (including phenoxy) is 1. The molecule has 0 aliphatic heterocycles. The minimum atomic E-state index is -0.663. The van der Waals surface area contributed by atoms with E-state index in [1.165, 1.54) is 353 Å². The zero-order chi connectivity index (χ0) is 58.5. The van der Waals surface area contributed by atoms with Crippen LogP contribution in [0.15, 0.2) is 12.2 Å². The van der Waals surface area contributed by atoms with E-state index in [-0.39, 0.29) is 18.5 Å². The summed E-state index contributed by atoms with van der Waals surface area (Å²) in [5.74, 6) is -0.0155. The van der Waals surface area contributed by atoms with Gasteiger partial charge in [-0.15, -0.1) is 0 Å². The molecular weight excluding hydrogens is 995 g/mol. The summed E-state index contributed by atoms with van der Waals surface area (Å²) in [6.07, 6.45) is 88.5. The lowest BCUT2D eigenvalue weighted by Gasteiger charge is -2.22. The molecule has 0 rings (SSSR count). The molecule has 0 saturated heterocycles. The molecule has 0 aliphatic rings. The highest BCUT2D eigenvalue weighted by molar-refractivity contribution is 5.76. The Hall–Kier alpha value is -1.40. The number of esters is 1. The van der Waals surface area contributed by atoms with Crippen molar-refractivity contribution in [3.63, 3.8) is 0 Å². The first-order valence-electron chi connectivity index (χ1n) is 37.4. The fraction of sp³-hybridized carbons (Fsp3) is 0.947. The molecule has 0 saturated carbocycles. The van der Waals surface area contributed by atoms with E-state index >= 15 is 0 Å². The summed E-state index contributed by atoms with van der Waals surface area (Å²) >= 11 is 0. The Balaban J connectivity index is 3.35. The van der Waals surface area contributed by atoms with Gasteiger partial charge in [0.2, 0.25) is 5.91 Å². The first-order chi connectivity index (χ1) is 40.0. The van der Waals surface area contributed by atoms with Gasteiger partial charge in [0.1, 0.15) is 0 Å². The van der Waals surface area contributed by atoms with Crippen LogP contribution in [0, 0.1) is 0 Å². The second-order valence-corrected chi connectivity index (χ2v) is 26.0. The summed E-state index contributed by atoms with van der Waals surface area (Å²) in [6, 6.07) is -0.540. The van der Waals surface area contributed by atoms with Crippen LogP contribution in [-0.2, 0) is 14.3 Å². The Morgan fingerprint density at radius 3 is 0.889 bits per heavy atom. The van der Waals surface area contributed by atoms with Crippen molar-refractivity contribution in [1.82, 2.24) is 5.32 Å². The maximum absolute atomic E-state index is 12.6. The molecule has 6 heteroatoms. The van der Waals surface area contributed by atoms with Gasteiger partial charge in [0.15, 0.2) is 0 Å². The third-order valence-corrected chi connectivity index (χ3v) is 17.8. The van der Waals surface area contributed by atoms with Gasteiger partial charge in [-0.25, -0.2) is 0 Å². The van der Waals surface area contributed by atoms with Gasteiger partial charge in [0, 0.05) is 12.8 Å². The van der Waals surface area contributed by atoms with Gasteiger partial charge in [0.25, 0.3) is 0 Å². The topological polar surface area (TPSA) is 95.9 Å². The molecule has 0 fully saturated rings. The van der Waals surface area contributed by atoms with E-state index in [4.69, 9.17) is 4.74 Å². The summed E-state index contributed by atoms with van der Waals surface area (Å²) < 4.78 is 5.48. The number of aliphatic hydroxyl groups excluding tert-OH is 2. The molecule has 0 bridgehead atoms. The van der Waals surface area contributed by atoms with Crippen molar-refractivity contribution < 1.29 is 24.5 Å². The Labute approximate surface area is 508 Å². The van der Waals surface area contributed by atoms with Crippen LogP contribution in [0.4, 0.5) is 0 Å². The molecule has 0 heterocycles. The molecule has 0 spiro atoms. The number of amides is 1. The predicted octanol–water partition coefficient (Wildman–Crippen LogP) is 24.3. The third kappa shape index (κ3) is 67.6. The second kappa shape index (κ2) is 71.1. The minimum Gasteiger partial charge on any atom is -0.466 e. The largest absolute Gasteiger partial charge is 0.466 e. The first kappa shape index (κ1) is 79.6. The predicted molar refractivity (Wildman–Crippen MR) is 357 cm³/mol. The molecule has 0 aromatic heterocycles. The summed E-state index contributed by atoms with van der Waals surface area (Å²) in [7, 11) is 0. The maximum atomic E-state index is 12.6. The van der Waals surface area contributed by atoms with Crippen molar-refractivity contribution in [3.8, 4) is 0 Å². The molecule has 2 atom stereocenters. The van der Waals surface area contributed by atoms with Crippen molar-refractivity contribution in [1.29, 1.82) is 0 Å². The van der Waals surface area contributed by atoms with Crippen molar-refractivity contribution in [2.75, 3.05) is 13.2 Å². The van der Waals surface area contributed by atoms with Gasteiger partial charge in [-0.1, -0.05) is 379 Å². The standard InChI is InChI=1S/C75H147NO5/c1-3-5-7-9-11-13-15-17-18-19-20-21-28-31-34-37-40-44-47-51-55-59-63-67-73(78)72(71-77)76-74(79)68-64-60-56-52-48-45-41-38-35-32-29-26-24-22-23-25-27-30-33-36-39-42-46-50-54-58-62-66-70-81-75(80)69-65-61-57-53-49-43-16-14-12-10-8-6-4-2/h14,16,72-73,77-78H,3-13,15,17-71H2,1-2H3,(H,76,79)/b16-14-. The van der Waals surface area contributed by atoms with E-state index in [1.807, 2.05) is 0 Å². The molecule has 1 amide bonds. The van der Waals surface area contributed by atoms with Gasteiger partial charge in [-0.2, -0.15) is 0 Å². The van der Waals surface area contributed by atoms with E-state index in [2.05, 4.69) is 31.3 Å². The number of nitrogens with one attached hydrogen (secondary N) is 1. The van der Waals surface area contributed by atoms with E-state index < -0.39 is 12.1 Å². The number of rotatable bonds is 71. The van der Waals surface area contributed by atoms with Crippen LogP contribution in [-0.4, -0.2) is 47.4 Å². The van der Waals surface area contributed by atoms with Crippen LogP contribution >= 0.6 is 0 Å². The van der Waals surface area contributed by atoms with Gasteiger partial charge >= 0.3 is 5.97 Å². The Morgan fingerprint density at radius 1 is 0.333 bits per heavy atom. The highest BCUT2D eigenvalue weighted by Crippen LogP contribution is 2.20. The van der Waals surface area contributed by atoms with Gasteiger partial charge in [-0.3, -0.25) is 9.59 Å². The fourth-order valence-electron chi connectivity index (χ4n) is 12.1. The van der Waals surface area contributed by atoms with Gasteiger partial charge in [-0.05, 0) is 51.4 Å². The Bertz CT molecular complexity index is 1220. The smallest absolute Gasteiger partial charge is 0.305 e. The molecule has 0 aliphatic carbocycles. The lowest BCUT2D eigenvalue weighted by molar-refractivity contribution is -0.143. The zero-order valence-electron chi connectivity index (χ0n) is 55.3. The molecule has 482 valence electrons. The molecule has 3 N–H and O–H groups in total. The lowest BCUT2D eigenvalue weighted by Crippen LogP contribution is -2.45. The summed E-state index contributed by atoms with van der Waals surface area (Å²) in [4.78, 5) is 24.6. The van der Waals surface area contributed by atoms with Crippen molar-refractivity contribution >= 4 is 11.9 Å². The third-order valence-electron chi connectivity index (χ3n) is 17.8. The fourth-order valence-corrected chi connectivity index (χ4v) is 12.1. The molecule has 81 heavy (non-hydrogen) atoms. The number of aliphatic hydroxyl groups is 2. The Morgan fingerprint density at radius 2 is 0.580 bits per heavy atom. The monoisotopic (exact) mass is 1140 g/mol. The summed E-state index contributed by atoms with van der Waals surface area (Å²) in [5.41, 5.74) is 0. The normalized spacial score (nSPS) is 12.5. The zero-order valence-corrected chi connectivity index (χ0v) is 55.3. The van der Waals surface area contributed by atoms with Crippen LogP contribution in [0.5, 0.6) is 0 Å².